The average molecular weight is 364 g/mol. The molecule has 0 bridgehead atoms. The molecule has 1 aliphatic rings. The molecule has 1 saturated heterocycles. The number of hydrogen-bond acceptors (Lipinski definition) is 7. The molecule has 138 valence electrons. The van der Waals surface area contributed by atoms with Crippen molar-refractivity contribution in [2.24, 2.45) is 5.92 Å². The molecular formula is C18H20N8O. The van der Waals surface area contributed by atoms with Crippen LogP contribution in [-0.2, 0) is 4.79 Å². The first-order valence-corrected chi connectivity index (χ1v) is 8.86. The zero-order valence-corrected chi connectivity index (χ0v) is 15.0. The number of hydrogen-bond donors (Lipinski definition) is 1. The molecule has 0 radical (unpaired) electrons. The SMILES string of the molecule is Cc1ccc(NC(=O)C2CCN(c3ccc(-n4cncn4)nn3)CC2)nc1. The summed E-state index contributed by atoms with van der Waals surface area (Å²) in [5.74, 6) is 2.03. The van der Waals surface area contributed by atoms with Crippen molar-refractivity contribution in [2.75, 3.05) is 23.3 Å². The number of carbonyl (C=O) groups excluding carboxylic acids is 1. The lowest BCUT2D eigenvalue weighted by Crippen LogP contribution is -2.38. The predicted octanol–water partition coefficient (Wildman–Crippen LogP) is 1.62. The summed E-state index contributed by atoms with van der Waals surface area (Å²) >= 11 is 0. The fourth-order valence-electron chi connectivity index (χ4n) is 3.08. The minimum Gasteiger partial charge on any atom is -0.355 e. The topological polar surface area (TPSA) is 102 Å². The summed E-state index contributed by atoms with van der Waals surface area (Å²) in [6.45, 7) is 3.49. The number of anilines is 2. The van der Waals surface area contributed by atoms with Crippen LogP contribution in [0, 0.1) is 12.8 Å². The van der Waals surface area contributed by atoms with Gasteiger partial charge in [0.2, 0.25) is 5.91 Å². The number of nitrogens with zero attached hydrogens (tertiary/aromatic N) is 7. The Bertz CT molecular complexity index is 884. The molecule has 1 aliphatic heterocycles. The van der Waals surface area contributed by atoms with E-state index in [9.17, 15) is 4.79 Å². The summed E-state index contributed by atoms with van der Waals surface area (Å²) in [7, 11) is 0. The van der Waals surface area contributed by atoms with Crippen LogP contribution in [0.15, 0.2) is 43.1 Å². The van der Waals surface area contributed by atoms with Crippen LogP contribution in [0.1, 0.15) is 18.4 Å². The van der Waals surface area contributed by atoms with Crippen LogP contribution in [0.3, 0.4) is 0 Å². The average Bonchev–Trinajstić information content (AvgIpc) is 3.25. The maximum Gasteiger partial charge on any atom is 0.228 e. The van der Waals surface area contributed by atoms with Crippen LogP contribution in [-0.4, -0.2) is 48.9 Å². The highest BCUT2D eigenvalue weighted by Gasteiger charge is 2.26. The Morgan fingerprint density at radius 1 is 1.11 bits per heavy atom. The number of aryl methyl sites for hydroxylation is 1. The second kappa shape index (κ2) is 7.48. The standard InChI is InChI=1S/C18H20N8O/c1-13-2-3-15(20-10-13)22-18(27)14-6-8-25(9-7-14)16-4-5-17(24-23-16)26-12-19-11-21-26/h2-5,10-12,14H,6-9H2,1H3,(H,20,22,27). The minimum absolute atomic E-state index is 0.0215. The number of piperidine rings is 1. The molecule has 1 N–H and O–H groups in total. The second-order valence-electron chi connectivity index (χ2n) is 6.56. The summed E-state index contributed by atoms with van der Waals surface area (Å²) in [4.78, 5) is 22.7. The third-order valence-electron chi connectivity index (χ3n) is 4.64. The predicted molar refractivity (Wildman–Crippen MR) is 99.5 cm³/mol. The Morgan fingerprint density at radius 2 is 1.89 bits per heavy atom. The number of carbonyl (C=O) groups is 1. The van der Waals surface area contributed by atoms with Crippen LogP contribution in [0.25, 0.3) is 5.82 Å². The number of rotatable bonds is 4. The van der Waals surface area contributed by atoms with Gasteiger partial charge in [0.1, 0.15) is 18.5 Å². The summed E-state index contributed by atoms with van der Waals surface area (Å²) in [6.07, 6.45) is 6.32. The van der Waals surface area contributed by atoms with Gasteiger partial charge in [-0.15, -0.1) is 10.2 Å². The molecule has 4 heterocycles. The van der Waals surface area contributed by atoms with Gasteiger partial charge in [-0.05, 0) is 43.5 Å². The van der Waals surface area contributed by atoms with Crippen molar-refractivity contribution in [3.05, 3.63) is 48.7 Å². The maximum absolute atomic E-state index is 12.5. The molecule has 1 amide bonds. The molecule has 3 aromatic heterocycles. The zero-order chi connectivity index (χ0) is 18.6. The van der Waals surface area contributed by atoms with E-state index in [1.165, 1.54) is 6.33 Å². The lowest BCUT2D eigenvalue weighted by atomic mass is 9.96. The highest BCUT2D eigenvalue weighted by Crippen LogP contribution is 2.23. The van der Waals surface area contributed by atoms with Crippen molar-refractivity contribution >= 4 is 17.5 Å². The van der Waals surface area contributed by atoms with Crippen molar-refractivity contribution in [2.45, 2.75) is 19.8 Å². The molecule has 4 rings (SSSR count). The fourth-order valence-corrected chi connectivity index (χ4v) is 3.08. The van der Waals surface area contributed by atoms with Gasteiger partial charge in [0.25, 0.3) is 0 Å². The van der Waals surface area contributed by atoms with Gasteiger partial charge in [0, 0.05) is 25.2 Å². The first-order chi connectivity index (χ1) is 13.2. The molecule has 0 aliphatic carbocycles. The molecule has 0 saturated carbocycles. The monoisotopic (exact) mass is 364 g/mol. The number of pyridine rings is 1. The van der Waals surface area contributed by atoms with E-state index in [2.05, 4.69) is 35.5 Å². The van der Waals surface area contributed by atoms with E-state index in [-0.39, 0.29) is 11.8 Å². The highest BCUT2D eigenvalue weighted by atomic mass is 16.1. The smallest absolute Gasteiger partial charge is 0.228 e. The van der Waals surface area contributed by atoms with Gasteiger partial charge in [-0.2, -0.15) is 5.10 Å². The summed E-state index contributed by atoms with van der Waals surface area (Å²) in [5, 5.41) is 15.4. The van der Waals surface area contributed by atoms with Gasteiger partial charge < -0.3 is 10.2 Å². The molecule has 0 spiro atoms. The number of amides is 1. The summed E-state index contributed by atoms with van der Waals surface area (Å²) < 4.78 is 1.56. The van der Waals surface area contributed by atoms with Gasteiger partial charge in [-0.1, -0.05) is 6.07 Å². The normalized spacial score (nSPS) is 14.9. The Balaban J connectivity index is 1.33. The lowest BCUT2D eigenvalue weighted by Gasteiger charge is -2.31. The number of nitrogens with one attached hydrogen (secondary N) is 1. The van der Waals surface area contributed by atoms with Gasteiger partial charge in [-0.25, -0.2) is 14.6 Å². The molecule has 9 nitrogen and oxygen atoms in total. The molecule has 1 fully saturated rings. The molecule has 9 heteroatoms. The summed E-state index contributed by atoms with van der Waals surface area (Å²) in [6, 6.07) is 7.54. The quantitative estimate of drug-likeness (QED) is 0.750. The van der Waals surface area contributed by atoms with Gasteiger partial charge in [0.15, 0.2) is 11.6 Å². The van der Waals surface area contributed by atoms with E-state index in [0.717, 1.165) is 37.3 Å². The summed E-state index contributed by atoms with van der Waals surface area (Å²) in [5.41, 5.74) is 1.07. The Morgan fingerprint density at radius 3 is 2.52 bits per heavy atom. The third kappa shape index (κ3) is 3.91. The van der Waals surface area contributed by atoms with Crippen LogP contribution in [0.4, 0.5) is 11.6 Å². The molecule has 3 aromatic rings. The van der Waals surface area contributed by atoms with Crippen molar-refractivity contribution in [3.8, 4) is 5.82 Å². The van der Waals surface area contributed by atoms with E-state index in [1.807, 2.05) is 31.2 Å². The van der Waals surface area contributed by atoms with Gasteiger partial charge in [-0.3, -0.25) is 4.79 Å². The fraction of sp³-hybridized carbons (Fsp3) is 0.333. The minimum atomic E-state index is -0.0215. The van der Waals surface area contributed by atoms with Crippen LogP contribution >= 0.6 is 0 Å². The maximum atomic E-state index is 12.5. The first kappa shape index (κ1) is 17.1. The van der Waals surface area contributed by atoms with Gasteiger partial charge in [0.05, 0.1) is 0 Å². The molecule has 0 aromatic carbocycles. The van der Waals surface area contributed by atoms with Gasteiger partial charge >= 0.3 is 0 Å². The molecule has 27 heavy (non-hydrogen) atoms. The second-order valence-corrected chi connectivity index (χ2v) is 6.56. The van der Waals surface area contributed by atoms with Crippen molar-refractivity contribution in [1.29, 1.82) is 0 Å². The molecule has 0 atom stereocenters. The van der Waals surface area contributed by atoms with E-state index in [1.54, 1.807) is 17.2 Å². The Labute approximate surface area is 156 Å². The highest BCUT2D eigenvalue weighted by molar-refractivity contribution is 5.91. The van der Waals surface area contributed by atoms with Crippen LogP contribution < -0.4 is 10.2 Å². The Hall–Kier alpha value is -3.36. The zero-order valence-electron chi connectivity index (χ0n) is 15.0. The van der Waals surface area contributed by atoms with Crippen molar-refractivity contribution in [1.82, 2.24) is 29.9 Å². The lowest BCUT2D eigenvalue weighted by molar-refractivity contribution is -0.120. The van der Waals surface area contributed by atoms with Crippen LogP contribution in [0.5, 0.6) is 0 Å². The van der Waals surface area contributed by atoms with Crippen molar-refractivity contribution in [3.63, 3.8) is 0 Å². The molecular weight excluding hydrogens is 344 g/mol. The van der Waals surface area contributed by atoms with E-state index >= 15 is 0 Å². The first-order valence-electron chi connectivity index (χ1n) is 8.86. The Kier molecular flexibility index (Phi) is 4.73. The van der Waals surface area contributed by atoms with Crippen LogP contribution in [0.2, 0.25) is 0 Å². The van der Waals surface area contributed by atoms with E-state index in [0.29, 0.717) is 11.6 Å². The largest absolute Gasteiger partial charge is 0.355 e. The molecule has 0 unspecified atom stereocenters. The third-order valence-corrected chi connectivity index (χ3v) is 4.64. The van der Waals surface area contributed by atoms with E-state index in [4.69, 9.17) is 0 Å². The number of aromatic nitrogens is 6. The van der Waals surface area contributed by atoms with E-state index < -0.39 is 0 Å². The van der Waals surface area contributed by atoms with Crippen molar-refractivity contribution < 1.29 is 4.79 Å².